The predicted molar refractivity (Wildman–Crippen MR) is 70.8 cm³/mol. The van der Waals surface area contributed by atoms with Crippen LogP contribution in [0.2, 0.25) is 0 Å². The summed E-state index contributed by atoms with van der Waals surface area (Å²) in [6.07, 6.45) is 2.93. The van der Waals surface area contributed by atoms with Gasteiger partial charge in [0.1, 0.15) is 0 Å². The number of sulfonamides is 1. The molecule has 106 valence electrons. The Hall–Kier alpha value is -0.660. The second-order valence-electron chi connectivity index (χ2n) is 4.64. The lowest BCUT2D eigenvalue weighted by Crippen LogP contribution is -2.40. The minimum absolute atomic E-state index is 0.0182. The third kappa shape index (κ3) is 5.32. The highest BCUT2D eigenvalue weighted by atomic mass is 32.2. The zero-order valence-electron chi connectivity index (χ0n) is 11.2. The second-order valence-corrected chi connectivity index (χ2v) is 6.62. The molecule has 1 saturated heterocycles. The number of nitrogens with one attached hydrogen (secondary N) is 1. The van der Waals surface area contributed by atoms with Gasteiger partial charge in [0.15, 0.2) is 0 Å². The van der Waals surface area contributed by atoms with Gasteiger partial charge < -0.3 is 5.32 Å². The topological polar surface area (TPSA) is 69.7 Å². The van der Waals surface area contributed by atoms with Crippen molar-refractivity contribution in [2.75, 3.05) is 45.5 Å². The lowest BCUT2D eigenvalue weighted by molar-refractivity contribution is -0.122. The number of amides is 1. The van der Waals surface area contributed by atoms with Gasteiger partial charge >= 0.3 is 0 Å². The van der Waals surface area contributed by atoms with Gasteiger partial charge in [-0.1, -0.05) is 6.92 Å². The standard InChI is InChI=1S/C11H23N3O3S/c1-3-5-12-11(15)10-13-6-4-7-14(9-8-13)18(2,16)17/h3-10H2,1-2H3,(H,12,15). The molecule has 1 N–H and O–H groups in total. The maximum atomic E-state index is 11.6. The monoisotopic (exact) mass is 277 g/mol. The third-order valence-corrected chi connectivity index (χ3v) is 4.26. The summed E-state index contributed by atoms with van der Waals surface area (Å²) in [4.78, 5) is 13.6. The molecule has 0 saturated carbocycles. The van der Waals surface area contributed by atoms with E-state index < -0.39 is 10.0 Å². The molecule has 0 radical (unpaired) electrons. The molecule has 1 heterocycles. The summed E-state index contributed by atoms with van der Waals surface area (Å²) in [5.74, 6) is 0.0182. The van der Waals surface area contributed by atoms with E-state index in [0.29, 0.717) is 32.7 Å². The normalized spacial score (nSPS) is 19.4. The molecule has 7 heteroatoms. The Balaban J connectivity index is 2.40. The third-order valence-electron chi connectivity index (χ3n) is 2.96. The van der Waals surface area contributed by atoms with Crippen LogP contribution < -0.4 is 5.32 Å². The number of carbonyl (C=O) groups excluding carboxylic acids is 1. The maximum Gasteiger partial charge on any atom is 0.234 e. The van der Waals surface area contributed by atoms with E-state index in [9.17, 15) is 13.2 Å². The van der Waals surface area contributed by atoms with Gasteiger partial charge in [0.25, 0.3) is 0 Å². The van der Waals surface area contributed by atoms with Crippen LogP contribution in [0.25, 0.3) is 0 Å². The molecule has 0 aliphatic carbocycles. The van der Waals surface area contributed by atoms with Gasteiger partial charge in [-0.2, -0.15) is 0 Å². The van der Waals surface area contributed by atoms with Crippen molar-refractivity contribution in [3.05, 3.63) is 0 Å². The smallest absolute Gasteiger partial charge is 0.234 e. The van der Waals surface area contributed by atoms with Crippen molar-refractivity contribution in [2.45, 2.75) is 19.8 Å². The summed E-state index contributed by atoms with van der Waals surface area (Å²) >= 11 is 0. The largest absolute Gasteiger partial charge is 0.355 e. The first kappa shape index (κ1) is 15.4. The predicted octanol–water partition coefficient (Wildman–Crippen LogP) is -0.520. The molecule has 1 rings (SSSR count). The summed E-state index contributed by atoms with van der Waals surface area (Å²) in [6, 6.07) is 0. The molecule has 1 fully saturated rings. The van der Waals surface area contributed by atoms with Crippen LogP contribution in [-0.4, -0.2) is 69.1 Å². The van der Waals surface area contributed by atoms with Crippen LogP contribution in [0.5, 0.6) is 0 Å². The Kier molecular flexibility index (Phi) is 6.04. The van der Waals surface area contributed by atoms with E-state index in [-0.39, 0.29) is 5.91 Å². The fraction of sp³-hybridized carbons (Fsp3) is 0.909. The molecule has 6 nitrogen and oxygen atoms in total. The van der Waals surface area contributed by atoms with E-state index in [1.807, 2.05) is 11.8 Å². The van der Waals surface area contributed by atoms with Crippen LogP contribution in [-0.2, 0) is 14.8 Å². The Labute approximate surface area is 109 Å². The Morgan fingerprint density at radius 1 is 1.22 bits per heavy atom. The first-order valence-electron chi connectivity index (χ1n) is 6.37. The van der Waals surface area contributed by atoms with Crippen molar-refractivity contribution in [1.82, 2.24) is 14.5 Å². The summed E-state index contributed by atoms with van der Waals surface area (Å²) in [5, 5.41) is 2.83. The Bertz CT molecular complexity index is 370. The average Bonchev–Trinajstić information content (AvgIpc) is 2.51. The molecule has 0 aromatic heterocycles. The number of hydrogen-bond donors (Lipinski definition) is 1. The number of carbonyl (C=O) groups is 1. The zero-order chi connectivity index (χ0) is 13.6. The highest BCUT2D eigenvalue weighted by molar-refractivity contribution is 7.88. The van der Waals surface area contributed by atoms with Crippen LogP contribution >= 0.6 is 0 Å². The first-order chi connectivity index (χ1) is 8.43. The molecule has 0 aromatic rings. The van der Waals surface area contributed by atoms with E-state index in [2.05, 4.69) is 5.32 Å². The van der Waals surface area contributed by atoms with Crippen LogP contribution in [0.15, 0.2) is 0 Å². The zero-order valence-corrected chi connectivity index (χ0v) is 12.0. The van der Waals surface area contributed by atoms with E-state index in [1.165, 1.54) is 10.6 Å². The SMILES string of the molecule is CCCNC(=O)CN1CCCN(S(C)(=O)=O)CC1. The lowest BCUT2D eigenvalue weighted by atomic mass is 10.4. The van der Waals surface area contributed by atoms with Crippen molar-refractivity contribution in [3.8, 4) is 0 Å². The van der Waals surface area contributed by atoms with Gasteiger partial charge in [-0.25, -0.2) is 12.7 Å². The molecular formula is C11H23N3O3S. The maximum absolute atomic E-state index is 11.6. The number of hydrogen-bond acceptors (Lipinski definition) is 4. The minimum atomic E-state index is -3.11. The minimum Gasteiger partial charge on any atom is -0.355 e. The highest BCUT2D eigenvalue weighted by Gasteiger charge is 2.22. The van der Waals surface area contributed by atoms with Gasteiger partial charge in [-0.15, -0.1) is 0 Å². The van der Waals surface area contributed by atoms with Gasteiger partial charge in [-0.3, -0.25) is 9.69 Å². The van der Waals surface area contributed by atoms with Gasteiger partial charge in [0.05, 0.1) is 12.8 Å². The highest BCUT2D eigenvalue weighted by Crippen LogP contribution is 2.06. The van der Waals surface area contributed by atoms with Crippen molar-refractivity contribution >= 4 is 15.9 Å². The molecule has 1 aliphatic heterocycles. The Morgan fingerprint density at radius 2 is 1.94 bits per heavy atom. The van der Waals surface area contributed by atoms with Crippen molar-refractivity contribution in [2.24, 2.45) is 0 Å². The van der Waals surface area contributed by atoms with E-state index in [1.54, 1.807) is 0 Å². The molecule has 0 spiro atoms. The van der Waals surface area contributed by atoms with Gasteiger partial charge in [0.2, 0.25) is 15.9 Å². The van der Waals surface area contributed by atoms with E-state index >= 15 is 0 Å². The summed E-state index contributed by atoms with van der Waals surface area (Å²) in [6.45, 7) is 5.47. The van der Waals surface area contributed by atoms with E-state index in [0.717, 1.165) is 19.4 Å². The molecule has 0 atom stereocenters. The fourth-order valence-electron chi connectivity index (χ4n) is 1.96. The number of nitrogens with zero attached hydrogens (tertiary/aromatic N) is 2. The molecule has 1 aliphatic rings. The summed E-state index contributed by atoms with van der Waals surface area (Å²) in [5.41, 5.74) is 0. The molecule has 0 bridgehead atoms. The molecule has 1 amide bonds. The van der Waals surface area contributed by atoms with Crippen molar-refractivity contribution < 1.29 is 13.2 Å². The van der Waals surface area contributed by atoms with Crippen LogP contribution in [0.3, 0.4) is 0 Å². The lowest BCUT2D eigenvalue weighted by Gasteiger charge is -2.20. The molecule has 18 heavy (non-hydrogen) atoms. The average molecular weight is 277 g/mol. The molecule has 0 aromatic carbocycles. The molecule has 0 unspecified atom stereocenters. The number of rotatable bonds is 5. The van der Waals surface area contributed by atoms with Crippen LogP contribution in [0.1, 0.15) is 19.8 Å². The van der Waals surface area contributed by atoms with Crippen LogP contribution in [0, 0.1) is 0 Å². The summed E-state index contributed by atoms with van der Waals surface area (Å²) < 4.78 is 24.4. The molecular weight excluding hydrogens is 254 g/mol. The van der Waals surface area contributed by atoms with E-state index in [4.69, 9.17) is 0 Å². The fourth-order valence-corrected chi connectivity index (χ4v) is 2.83. The van der Waals surface area contributed by atoms with Gasteiger partial charge in [0, 0.05) is 26.2 Å². The van der Waals surface area contributed by atoms with Crippen LogP contribution in [0.4, 0.5) is 0 Å². The first-order valence-corrected chi connectivity index (χ1v) is 8.22. The summed E-state index contributed by atoms with van der Waals surface area (Å²) in [7, 11) is -3.11. The van der Waals surface area contributed by atoms with Crippen molar-refractivity contribution in [3.63, 3.8) is 0 Å². The second kappa shape index (κ2) is 7.06. The Morgan fingerprint density at radius 3 is 2.56 bits per heavy atom. The van der Waals surface area contributed by atoms with Crippen molar-refractivity contribution in [1.29, 1.82) is 0 Å². The quantitative estimate of drug-likeness (QED) is 0.734. The van der Waals surface area contributed by atoms with Gasteiger partial charge in [-0.05, 0) is 19.4 Å².